The van der Waals surface area contributed by atoms with Crippen LogP contribution in [0.4, 0.5) is 0 Å². The largest absolute Gasteiger partial charge is 0.0620 e. The molecule has 0 radical (unpaired) electrons. The molecule has 610 valence electrons. The van der Waals surface area contributed by atoms with Gasteiger partial charge in [-0.2, -0.15) is 0 Å². The predicted octanol–water partition coefficient (Wildman–Crippen LogP) is 30.7. The number of fused-ring (bicyclic) bond motifs is 26. The second kappa shape index (κ2) is 31.1. The van der Waals surface area contributed by atoms with Crippen molar-refractivity contribution in [3.05, 3.63) is 46.0 Å². The summed E-state index contributed by atoms with van der Waals surface area (Å²) in [5, 5.41) is 3.21. The molecule has 0 aromatic heterocycles. The third kappa shape index (κ3) is 12.8. The van der Waals surface area contributed by atoms with E-state index >= 15 is 0 Å². The minimum absolute atomic E-state index is 0.742. The summed E-state index contributed by atoms with van der Waals surface area (Å²) in [4.78, 5) is 0. The molecule has 0 N–H and O–H groups in total. The molecular weight excluding hydrogens is 1320 g/mol. The van der Waals surface area contributed by atoms with E-state index < -0.39 is 0 Å². The number of benzene rings is 2. The molecule has 23 unspecified atom stereocenters. The van der Waals surface area contributed by atoms with Gasteiger partial charge in [-0.3, -0.25) is 0 Å². The highest BCUT2D eigenvalue weighted by molar-refractivity contribution is 5.92. The van der Waals surface area contributed by atoms with Crippen LogP contribution >= 0.6 is 0 Å². The normalized spacial score (nSPS) is 54.1. The quantitative estimate of drug-likeness (QED) is 0.247. The summed E-state index contributed by atoms with van der Waals surface area (Å²) < 4.78 is 0. The van der Waals surface area contributed by atoms with Crippen LogP contribution in [0.1, 0.15) is 391 Å². The maximum Gasteiger partial charge on any atom is -0.0114 e. The van der Waals surface area contributed by atoms with E-state index in [1.165, 1.54) is 83.5 Å². The first-order chi connectivity index (χ1) is 53.7. The van der Waals surface area contributed by atoms with Crippen LogP contribution in [-0.4, -0.2) is 0 Å². The van der Waals surface area contributed by atoms with E-state index in [9.17, 15) is 0 Å². The van der Waals surface area contributed by atoms with Crippen molar-refractivity contribution in [1.82, 2.24) is 0 Å². The molecule has 0 bridgehead atoms. The van der Waals surface area contributed by atoms with Gasteiger partial charge in [-0.1, -0.05) is 222 Å². The molecule has 20 fully saturated rings. The molecule has 0 heterocycles. The molecule has 0 spiro atoms. The lowest BCUT2D eigenvalue weighted by molar-refractivity contribution is -0.0853. The Morgan fingerprint density at radius 2 is 0.536 bits per heavy atom. The minimum Gasteiger partial charge on any atom is -0.0620 e. The fraction of sp³-hybridized carbons (Fsp3) is 0.909. The molecule has 0 heteroatoms. The van der Waals surface area contributed by atoms with Gasteiger partial charge in [-0.25, -0.2) is 0 Å². The van der Waals surface area contributed by atoms with Gasteiger partial charge in [0.05, 0.1) is 0 Å². The van der Waals surface area contributed by atoms with Crippen molar-refractivity contribution in [2.75, 3.05) is 0 Å². The average molecular weight is 1490 g/mol. The van der Waals surface area contributed by atoms with Gasteiger partial charge in [-0.15, -0.1) is 0 Å². The molecule has 2 aromatic rings. The van der Waals surface area contributed by atoms with Crippen LogP contribution in [-0.2, 0) is 12.8 Å². The van der Waals surface area contributed by atoms with Crippen molar-refractivity contribution >= 4 is 10.8 Å². The Bertz CT molecular complexity index is 3510. The van der Waals surface area contributed by atoms with Crippen molar-refractivity contribution in [3.63, 3.8) is 0 Å². The summed E-state index contributed by atoms with van der Waals surface area (Å²) in [7, 11) is 0. The van der Waals surface area contributed by atoms with Gasteiger partial charge >= 0.3 is 0 Å². The minimum atomic E-state index is 0.742. The molecule has 0 aliphatic heterocycles. The summed E-state index contributed by atoms with van der Waals surface area (Å²) in [6.45, 7) is 26.7. The zero-order chi connectivity index (χ0) is 74.2. The first-order valence-corrected chi connectivity index (χ1v) is 52.3. The molecule has 22 aliphatic rings. The summed E-state index contributed by atoms with van der Waals surface area (Å²) in [5.74, 6) is 46.2. The fourth-order valence-corrected chi connectivity index (χ4v) is 41.9. The predicted molar refractivity (Wildman–Crippen MR) is 463 cm³/mol. The molecule has 0 amide bonds. The van der Waals surface area contributed by atoms with E-state index in [1.54, 1.807) is 257 Å². The Morgan fingerprint density at radius 1 is 0.209 bits per heavy atom. The van der Waals surface area contributed by atoms with Gasteiger partial charge in [0, 0.05) is 0 Å². The zero-order valence-corrected chi connectivity index (χ0v) is 73.3. The lowest BCUT2D eigenvalue weighted by Gasteiger charge is -2.57. The first-order valence-electron chi connectivity index (χ1n) is 52.3. The lowest BCUT2D eigenvalue weighted by atomic mass is 9.48. The molecular formula is C110H170. The summed E-state index contributed by atoms with van der Waals surface area (Å²) >= 11 is 0. The average Bonchev–Trinajstić information content (AvgIpc) is 1.36. The van der Waals surface area contributed by atoms with E-state index in [1.807, 2.05) is 0 Å². The molecule has 110 heavy (non-hydrogen) atoms. The van der Waals surface area contributed by atoms with Gasteiger partial charge in [0.15, 0.2) is 0 Å². The maximum atomic E-state index is 2.76. The highest BCUT2D eigenvalue weighted by Crippen LogP contribution is 2.72. The van der Waals surface area contributed by atoms with Crippen molar-refractivity contribution < 1.29 is 0 Å². The van der Waals surface area contributed by atoms with Gasteiger partial charge < -0.3 is 0 Å². The Morgan fingerprint density at radius 3 is 1.04 bits per heavy atom. The SMILES string of the molecule is CC1C2C(CC3C2CC2C3C[C@@H]3CCCC[C@@H]3[C@@H]2C)C[C@H]2CCCC[C@@H]12.CC1C2C(CC3C[C@H]4CCCC[C@H]4C(C)C32)CC2C[C@@H]3CCCC[C@@H]3[C@H](C)C21.CC1C2C(CCC3C2CC2C3C[C@@H]3CCCC[C@@H]3[C@@H]2C)C[C@H]2CCCC[C@@H]12.Cc1c2c(cc3ccc4c(c13)C(C)[C@@H]1CCCC[C@@H]1C4)C[C@@H]1CCCC[C@@H]1[C@@H]2C. The third-order valence-electron chi connectivity index (χ3n) is 45.5. The smallest absolute Gasteiger partial charge is 0.0114 e. The van der Waals surface area contributed by atoms with E-state index in [2.05, 4.69) is 87.4 Å². The number of rotatable bonds is 0. The van der Waals surface area contributed by atoms with E-state index in [-0.39, 0.29) is 0 Å². The van der Waals surface area contributed by atoms with Crippen LogP contribution in [0, 0.1) is 250 Å². The Balaban J connectivity index is 0.0000000932. The second-order valence-electron chi connectivity index (χ2n) is 48.6. The van der Waals surface area contributed by atoms with Gasteiger partial charge in [-0.05, 0) is 461 Å². The van der Waals surface area contributed by atoms with Crippen molar-refractivity contribution in [3.8, 4) is 0 Å². The summed E-state index contributed by atoms with van der Waals surface area (Å²) in [5.41, 5.74) is 8.56. The van der Waals surface area contributed by atoms with E-state index in [4.69, 9.17) is 0 Å². The Hall–Kier alpha value is -1.30. The Labute approximate surface area is 677 Å². The highest BCUT2D eigenvalue weighted by atomic mass is 14.7. The number of aryl methyl sites for hydroxylation is 1. The van der Waals surface area contributed by atoms with Crippen molar-refractivity contribution in [2.24, 2.45) is 243 Å². The highest BCUT2D eigenvalue weighted by Gasteiger charge is 2.64. The molecule has 24 rings (SSSR count). The van der Waals surface area contributed by atoms with Crippen molar-refractivity contribution in [2.45, 2.75) is 383 Å². The second-order valence-corrected chi connectivity index (χ2v) is 48.6. The van der Waals surface area contributed by atoms with Crippen LogP contribution in [0.15, 0.2) is 18.2 Å². The van der Waals surface area contributed by atoms with E-state index in [0.717, 1.165) is 254 Å². The topological polar surface area (TPSA) is 0 Å². The standard InChI is InChI=1S/C29H38.C28H46.C27H44.C26H42/c1-17-25-10-6-5-9-21(25)15-24-16-23-13-12-22-14-20-8-4-7-11-26(20)18(2)28(22)29(23)19(3)27(17)24;1-16-24-10-6-4-8-19(24)12-21-14-23-15-22-13-20-9-5-7-11-25(20)17(2)27(22)28(23)18(3)26(16)21;1-16-21-9-5-4-8-19(21)14-25-23-12-11-20-13-18-7-3-6-10-22(18)17(2)27(20)26(23)15-24(16)25;1-15-20-9-5-4-8-18(20)12-23-22(15)14-25-24(23)13-19-11-17-7-3-6-10-21(17)16(2)26(19)25/h12-13,16-18,20-21,25-26H,4-11,14-15H2,1-3H3;16-28H,4-15H2,1-3H3;16-27H,3-15H2,1-2H3;15-26H,3-14H2,1-2H3/t17-,18?,20+,21-,25+,26-;16-,17?,18?,19-,20+,21?,22?,23?,24+,25-,26?,27?,28?;16-,17?,18+,19-,20?,21+,22-,23?,24?,25?,26?,27?;15-,16?,17+,18-,19?,20+,21-,22?,23?,24?,25?,26?/m0000/s1. The van der Waals surface area contributed by atoms with Crippen LogP contribution in [0.5, 0.6) is 0 Å². The van der Waals surface area contributed by atoms with Crippen molar-refractivity contribution in [1.29, 1.82) is 0 Å². The number of hydrogen-bond donors (Lipinski definition) is 0. The van der Waals surface area contributed by atoms with Gasteiger partial charge in [0.2, 0.25) is 0 Å². The first kappa shape index (κ1) is 76.1. The van der Waals surface area contributed by atoms with E-state index in [0.29, 0.717) is 0 Å². The summed E-state index contributed by atoms with van der Waals surface area (Å²) in [6.07, 6.45) is 73.2. The van der Waals surface area contributed by atoms with Crippen LogP contribution < -0.4 is 0 Å². The molecule has 0 nitrogen and oxygen atoms in total. The van der Waals surface area contributed by atoms with Crippen LogP contribution in [0.3, 0.4) is 0 Å². The third-order valence-corrected chi connectivity index (χ3v) is 45.5. The summed E-state index contributed by atoms with van der Waals surface area (Å²) in [6, 6.07) is 7.62. The molecule has 43 atom stereocenters. The lowest BCUT2D eigenvalue weighted by Crippen LogP contribution is -2.51. The molecule has 0 saturated heterocycles. The maximum absolute atomic E-state index is 2.76. The zero-order valence-electron chi connectivity index (χ0n) is 73.3. The van der Waals surface area contributed by atoms with Crippen LogP contribution in [0.25, 0.3) is 10.8 Å². The number of hydrogen-bond acceptors (Lipinski definition) is 0. The Kier molecular flexibility index (Phi) is 21.5. The monoisotopic (exact) mass is 1490 g/mol. The molecule has 22 aliphatic carbocycles. The fourth-order valence-electron chi connectivity index (χ4n) is 41.9. The van der Waals surface area contributed by atoms with Gasteiger partial charge in [0.1, 0.15) is 0 Å². The molecule has 2 aromatic carbocycles. The van der Waals surface area contributed by atoms with Gasteiger partial charge in [0.25, 0.3) is 0 Å². The molecule has 20 saturated carbocycles. The van der Waals surface area contributed by atoms with Crippen LogP contribution in [0.2, 0.25) is 0 Å².